The molecule has 3 aromatic rings. The number of rotatable bonds is 8. The second-order valence-electron chi connectivity index (χ2n) is 6.48. The third-order valence-corrected chi connectivity index (χ3v) is 4.11. The van der Waals surface area contributed by atoms with Gasteiger partial charge in [-0.15, -0.1) is 0 Å². The monoisotopic (exact) mass is 385 g/mol. The maximum Gasteiger partial charge on any atom is 0.252 e. The molecule has 9 nitrogen and oxygen atoms in total. The predicted octanol–water partition coefficient (Wildman–Crippen LogP) is 1.76. The van der Waals surface area contributed by atoms with Crippen LogP contribution in [0.5, 0.6) is 0 Å². The number of nitrogens with one attached hydrogen (secondary N) is 2. The first-order valence-corrected chi connectivity index (χ1v) is 8.97. The number of fused-ring (bicyclic) bond motifs is 1. The molecule has 0 radical (unpaired) electrons. The number of nitrogens with zero attached hydrogens (tertiary/aromatic N) is 3. The molecule has 0 saturated carbocycles. The Morgan fingerprint density at radius 2 is 2.14 bits per heavy atom. The van der Waals surface area contributed by atoms with Crippen LogP contribution in [0.4, 0.5) is 0 Å². The lowest BCUT2D eigenvalue weighted by atomic mass is 10.1. The molecule has 2 N–H and O–H groups in total. The van der Waals surface area contributed by atoms with Crippen molar-refractivity contribution < 1.29 is 18.7 Å². The molecule has 0 aromatic carbocycles. The van der Waals surface area contributed by atoms with Crippen LogP contribution >= 0.6 is 0 Å². The molecule has 0 spiro atoms. The quantitative estimate of drug-likeness (QED) is 0.572. The summed E-state index contributed by atoms with van der Waals surface area (Å²) >= 11 is 0. The van der Waals surface area contributed by atoms with Crippen LogP contribution in [-0.2, 0) is 9.53 Å². The SMILES string of the molecule is COCCNC(=O)CNC(=O)c1cc(-c2ccco2)nc2c1cnn2C(C)C. The van der Waals surface area contributed by atoms with E-state index in [0.29, 0.717) is 41.2 Å². The van der Waals surface area contributed by atoms with Gasteiger partial charge < -0.3 is 19.8 Å². The Hall–Kier alpha value is -3.20. The zero-order valence-corrected chi connectivity index (χ0v) is 16.1. The Morgan fingerprint density at radius 1 is 1.32 bits per heavy atom. The van der Waals surface area contributed by atoms with Crippen LogP contribution in [0.15, 0.2) is 35.1 Å². The fourth-order valence-corrected chi connectivity index (χ4v) is 2.75. The normalized spacial score (nSPS) is 11.1. The topological polar surface area (TPSA) is 111 Å². The molecule has 0 aliphatic rings. The molecular formula is C19H23N5O4. The number of hydrogen-bond acceptors (Lipinski definition) is 6. The van der Waals surface area contributed by atoms with E-state index in [4.69, 9.17) is 9.15 Å². The van der Waals surface area contributed by atoms with Gasteiger partial charge >= 0.3 is 0 Å². The van der Waals surface area contributed by atoms with Crippen molar-refractivity contribution in [1.29, 1.82) is 0 Å². The van der Waals surface area contributed by atoms with E-state index in [1.807, 2.05) is 13.8 Å². The fraction of sp³-hybridized carbons (Fsp3) is 0.368. The molecule has 3 heterocycles. The van der Waals surface area contributed by atoms with E-state index in [1.54, 1.807) is 42.5 Å². The molecule has 0 aliphatic carbocycles. The van der Waals surface area contributed by atoms with E-state index in [0.717, 1.165) is 0 Å². The first kappa shape index (κ1) is 19.6. The van der Waals surface area contributed by atoms with E-state index in [2.05, 4.69) is 20.7 Å². The molecule has 3 aromatic heterocycles. The second-order valence-corrected chi connectivity index (χ2v) is 6.48. The zero-order chi connectivity index (χ0) is 20.1. The van der Waals surface area contributed by atoms with Crippen molar-refractivity contribution in [2.24, 2.45) is 0 Å². The molecule has 0 unspecified atom stereocenters. The zero-order valence-electron chi connectivity index (χ0n) is 16.1. The van der Waals surface area contributed by atoms with E-state index in [-0.39, 0.29) is 24.4 Å². The van der Waals surface area contributed by atoms with Crippen molar-refractivity contribution in [3.8, 4) is 11.5 Å². The molecule has 0 aliphatic heterocycles. The van der Waals surface area contributed by atoms with Crippen molar-refractivity contribution in [2.45, 2.75) is 19.9 Å². The van der Waals surface area contributed by atoms with Gasteiger partial charge in [0.1, 0.15) is 5.69 Å². The minimum absolute atomic E-state index is 0.0688. The van der Waals surface area contributed by atoms with Gasteiger partial charge in [-0.3, -0.25) is 9.59 Å². The number of carbonyl (C=O) groups is 2. The number of carbonyl (C=O) groups excluding carboxylic acids is 2. The number of hydrogen-bond donors (Lipinski definition) is 2. The van der Waals surface area contributed by atoms with Gasteiger partial charge in [-0.2, -0.15) is 5.10 Å². The van der Waals surface area contributed by atoms with Gasteiger partial charge in [0.25, 0.3) is 5.91 Å². The van der Waals surface area contributed by atoms with Crippen LogP contribution in [-0.4, -0.2) is 53.4 Å². The largest absolute Gasteiger partial charge is 0.463 e. The van der Waals surface area contributed by atoms with Crippen molar-refractivity contribution in [2.75, 3.05) is 26.8 Å². The Morgan fingerprint density at radius 3 is 2.82 bits per heavy atom. The van der Waals surface area contributed by atoms with Crippen LogP contribution in [0.1, 0.15) is 30.2 Å². The standard InChI is InChI=1S/C19H23N5O4/c1-12(2)24-18-14(10-22-24)13(9-15(23-18)16-5-4-7-28-16)19(26)21-11-17(25)20-6-8-27-3/h4-5,7,9-10,12H,6,8,11H2,1-3H3,(H,20,25)(H,21,26). The molecule has 0 bridgehead atoms. The average molecular weight is 385 g/mol. The summed E-state index contributed by atoms with van der Waals surface area (Å²) in [5.74, 6) is -0.130. The summed E-state index contributed by atoms with van der Waals surface area (Å²) in [6.07, 6.45) is 3.16. The molecule has 148 valence electrons. The van der Waals surface area contributed by atoms with Gasteiger partial charge in [0.15, 0.2) is 11.4 Å². The fourth-order valence-electron chi connectivity index (χ4n) is 2.75. The first-order chi connectivity index (χ1) is 13.5. The van der Waals surface area contributed by atoms with Gasteiger partial charge in [-0.25, -0.2) is 9.67 Å². The highest BCUT2D eigenvalue weighted by molar-refractivity contribution is 6.07. The van der Waals surface area contributed by atoms with Gasteiger partial charge in [0.05, 0.1) is 36.6 Å². The van der Waals surface area contributed by atoms with Crippen LogP contribution < -0.4 is 10.6 Å². The highest BCUT2D eigenvalue weighted by Gasteiger charge is 2.19. The number of ether oxygens (including phenoxy) is 1. The molecule has 0 saturated heterocycles. The van der Waals surface area contributed by atoms with Crippen LogP contribution in [0.3, 0.4) is 0 Å². The molecule has 0 fully saturated rings. The van der Waals surface area contributed by atoms with E-state index in [9.17, 15) is 9.59 Å². The Balaban J connectivity index is 1.88. The second kappa shape index (κ2) is 8.66. The first-order valence-electron chi connectivity index (χ1n) is 8.97. The Labute approximate surface area is 162 Å². The summed E-state index contributed by atoms with van der Waals surface area (Å²) in [4.78, 5) is 29.2. The average Bonchev–Trinajstić information content (AvgIpc) is 3.35. The summed E-state index contributed by atoms with van der Waals surface area (Å²) in [6.45, 7) is 4.62. The summed E-state index contributed by atoms with van der Waals surface area (Å²) in [5, 5.41) is 10.3. The summed E-state index contributed by atoms with van der Waals surface area (Å²) in [6, 6.07) is 5.24. The van der Waals surface area contributed by atoms with E-state index in [1.165, 1.54) is 0 Å². The van der Waals surface area contributed by atoms with Crippen LogP contribution in [0.25, 0.3) is 22.5 Å². The minimum Gasteiger partial charge on any atom is -0.463 e. The molecule has 28 heavy (non-hydrogen) atoms. The number of pyridine rings is 1. The molecular weight excluding hydrogens is 362 g/mol. The lowest BCUT2D eigenvalue weighted by molar-refractivity contribution is -0.120. The predicted molar refractivity (Wildman–Crippen MR) is 103 cm³/mol. The van der Waals surface area contributed by atoms with E-state index >= 15 is 0 Å². The third kappa shape index (κ3) is 4.20. The van der Waals surface area contributed by atoms with Gasteiger partial charge in [0.2, 0.25) is 5.91 Å². The summed E-state index contributed by atoms with van der Waals surface area (Å²) < 4.78 is 12.1. The van der Waals surface area contributed by atoms with Crippen molar-refractivity contribution in [3.05, 3.63) is 36.2 Å². The van der Waals surface area contributed by atoms with E-state index < -0.39 is 0 Å². The molecule has 3 rings (SSSR count). The maximum absolute atomic E-state index is 12.8. The highest BCUT2D eigenvalue weighted by Crippen LogP contribution is 2.26. The van der Waals surface area contributed by atoms with Crippen LogP contribution in [0, 0.1) is 0 Å². The van der Waals surface area contributed by atoms with Crippen molar-refractivity contribution in [1.82, 2.24) is 25.4 Å². The van der Waals surface area contributed by atoms with Crippen molar-refractivity contribution in [3.63, 3.8) is 0 Å². The van der Waals surface area contributed by atoms with Gasteiger partial charge in [-0.05, 0) is 32.0 Å². The lowest BCUT2D eigenvalue weighted by Gasteiger charge is -2.10. The Bertz CT molecular complexity index is 962. The number of aromatic nitrogens is 3. The summed E-state index contributed by atoms with van der Waals surface area (Å²) in [7, 11) is 1.55. The molecule has 2 amide bonds. The smallest absolute Gasteiger partial charge is 0.252 e. The minimum atomic E-state index is -0.384. The van der Waals surface area contributed by atoms with Crippen molar-refractivity contribution >= 4 is 22.8 Å². The number of methoxy groups -OCH3 is 1. The number of furan rings is 1. The number of amides is 2. The maximum atomic E-state index is 12.8. The van der Waals surface area contributed by atoms with Crippen LogP contribution in [0.2, 0.25) is 0 Å². The summed E-state index contributed by atoms with van der Waals surface area (Å²) in [5.41, 5.74) is 1.49. The Kier molecular flexibility index (Phi) is 6.05. The van der Waals surface area contributed by atoms with Gasteiger partial charge in [-0.1, -0.05) is 0 Å². The lowest BCUT2D eigenvalue weighted by Crippen LogP contribution is -2.38. The highest BCUT2D eigenvalue weighted by atomic mass is 16.5. The molecule has 0 atom stereocenters. The third-order valence-electron chi connectivity index (χ3n) is 4.11. The molecule has 9 heteroatoms. The van der Waals surface area contributed by atoms with Gasteiger partial charge in [0, 0.05) is 19.7 Å².